The first-order valence-electron chi connectivity index (χ1n) is 14.3. The van der Waals surface area contributed by atoms with Crippen LogP contribution in [0.25, 0.3) is 23.3 Å². The summed E-state index contributed by atoms with van der Waals surface area (Å²) < 4.78 is 76.7. The van der Waals surface area contributed by atoms with Gasteiger partial charge in [0.05, 0.1) is 0 Å². The average molecular weight is 775 g/mol. The predicted molar refractivity (Wildman–Crippen MR) is 171 cm³/mol. The van der Waals surface area contributed by atoms with Crippen molar-refractivity contribution in [2.24, 2.45) is 0 Å². The van der Waals surface area contributed by atoms with Crippen LogP contribution < -0.4 is 24.8 Å². The normalized spacial score (nSPS) is 11.2. The van der Waals surface area contributed by atoms with Crippen molar-refractivity contribution in [2.45, 2.75) is 32.6 Å². The van der Waals surface area contributed by atoms with E-state index in [-0.39, 0.29) is 35.9 Å². The molecule has 5 aromatic carbocycles. The van der Waals surface area contributed by atoms with Gasteiger partial charge in [0.25, 0.3) is 0 Å². The first kappa shape index (κ1) is 40.8. The van der Waals surface area contributed by atoms with Crippen molar-refractivity contribution in [3.05, 3.63) is 172 Å². The summed E-state index contributed by atoms with van der Waals surface area (Å²) in [4.78, 5) is 0. The van der Waals surface area contributed by atoms with Gasteiger partial charge >= 0.3 is 137 Å². The van der Waals surface area contributed by atoms with E-state index in [1.165, 1.54) is 63.2 Å². The third-order valence-electron chi connectivity index (χ3n) is 7.33. The van der Waals surface area contributed by atoms with Crippen molar-refractivity contribution in [3.63, 3.8) is 0 Å². The minimum atomic E-state index is -4.49. The summed E-state index contributed by atoms with van der Waals surface area (Å²) >= 11 is 0.729. The van der Waals surface area contributed by atoms with Gasteiger partial charge in [-0.3, -0.25) is 0 Å². The summed E-state index contributed by atoms with van der Waals surface area (Å²) in [6.45, 7) is 11.8. The molecule has 0 N–H and O–H groups in total. The molecule has 0 radical (unpaired) electrons. The van der Waals surface area contributed by atoms with Crippen LogP contribution in [0.2, 0.25) is 0 Å². The number of hydrogen-bond acceptors (Lipinski definition) is 0. The predicted octanol–water partition coefficient (Wildman–Crippen LogP) is 5.21. The van der Waals surface area contributed by atoms with Gasteiger partial charge in [0.15, 0.2) is 0 Å². The quantitative estimate of drug-likeness (QED) is 0.171. The largest absolute Gasteiger partial charge is 1.00 e. The molecule has 0 spiro atoms. The molecule has 0 saturated heterocycles. The molecule has 6 rings (SSSR count). The topological polar surface area (TPSA) is 0 Å². The molecule has 1 aliphatic carbocycles. The zero-order valence-corrected chi connectivity index (χ0v) is 30.0. The van der Waals surface area contributed by atoms with Gasteiger partial charge in [0, 0.05) is 0 Å². The first-order valence-corrected chi connectivity index (χ1v) is 15.5. The van der Waals surface area contributed by atoms with Crippen LogP contribution in [0.5, 0.6) is 0 Å². The Bertz CT molecular complexity index is 1750. The first-order chi connectivity index (χ1) is 21.7. The minimum Gasteiger partial charge on any atom is -1.00 e. The maximum atomic E-state index is 12.7. The summed E-state index contributed by atoms with van der Waals surface area (Å²) in [5, 5.41) is 0. The third kappa shape index (κ3) is 10.6. The van der Waals surface area contributed by atoms with E-state index in [1.807, 2.05) is 18.2 Å². The molecular weight excluding hydrogens is 745 g/mol. The van der Waals surface area contributed by atoms with E-state index in [0.717, 1.165) is 60.5 Å². The monoisotopic (exact) mass is 772 g/mol. The van der Waals surface area contributed by atoms with Crippen molar-refractivity contribution in [2.75, 3.05) is 0 Å². The molecule has 48 heavy (non-hydrogen) atoms. The van der Waals surface area contributed by atoms with Crippen molar-refractivity contribution in [1.29, 1.82) is 0 Å². The second kappa shape index (κ2) is 17.3. The number of halogens is 8. The van der Waals surface area contributed by atoms with Gasteiger partial charge in [0.1, 0.15) is 0 Å². The number of alkyl halides is 6. The van der Waals surface area contributed by atoms with Crippen LogP contribution in [0, 0.1) is 19.9 Å². The molecule has 5 aromatic rings. The maximum Gasteiger partial charge on any atom is -1.00 e. The number of rotatable bonds is 4. The van der Waals surface area contributed by atoms with Gasteiger partial charge in [-0.05, 0) is 12.0 Å². The fourth-order valence-electron chi connectivity index (χ4n) is 4.95. The fraction of sp³-hybridized carbons (Fsp3) is 0.128. The molecule has 0 heterocycles. The molecule has 248 valence electrons. The van der Waals surface area contributed by atoms with E-state index in [1.54, 1.807) is 0 Å². The Balaban J connectivity index is 0.000000272. The van der Waals surface area contributed by atoms with Gasteiger partial charge in [-0.1, -0.05) is 55.8 Å². The van der Waals surface area contributed by atoms with E-state index in [9.17, 15) is 26.3 Å². The van der Waals surface area contributed by atoms with E-state index in [0.29, 0.717) is 3.21 Å². The molecule has 0 amide bonds. The number of aryl methyl sites for hydroxylation is 2. The molecule has 0 aliphatic heterocycles. The SMILES string of the molecule is C=Cc1c[c-]c2c(c1)-c1cc(C=C)ccc1C2.Cc1c[cH-]c(C)c1.FC(F)(F)c1cccc([C](=[Zr+2])c2cccc(C(F)(F)F)c2)c1.[Cl-].[Cl-]. The molecule has 9 heteroatoms. The zero-order valence-electron chi connectivity index (χ0n) is 26.0. The minimum absolute atomic E-state index is 0. The van der Waals surface area contributed by atoms with E-state index < -0.39 is 23.5 Å². The van der Waals surface area contributed by atoms with Crippen LogP contribution in [-0.4, -0.2) is 3.21 Å². The van der Waals surface area contributed by atoms with Gasteiger partial charge in [-0.2, -0.15) is 41.5 Å². The Morgan fingerprint density at radius 1 is 0.750 bits per heavy atom. The standard InChI is InChI=1S/C17H13.C15H8F6.C7H9.2ClH.Zr/c1-3-12-5-7-14-11-15-8-6-13(4-2)10-17(15)16(14)9-12;16-14(17,18)12-5-1-3-10(8-12)7-11-4-2-6-13(9-11)15(19,20)21;1-6-3-4-7(2)5-6;;;/h3-7,9-10H,1-2,11H2;1-6,8-9H;3-5H,1-2H3;2*1H;/q-1;;-1;;;+2/p-2. The van der Waals surface area contributed by atoms with E-state index >= 15 is 0 Å². The molecule has 0 saturated carbocycles. The summed E-state index contributed by atoms with van der Waals surface area (Å²) in [6, 6.07) is 29.6. The summed E-state index contributed by atoms with van der Waals surface area (Å²) in [5.41, 5.74) is 9.18. The van der Waals surface area contributed by atoms with Gasteiger partial charge in [-0.15, -0.1) is 23.8 Å². The maximum absolute atomic E-state index is 12.7. The Kier molecular flexibility index (Phi) is 14.7. The molecule has 0 aromatic heterocycles. The van der Waals surface area contributed by atoms with Crippen LogP contribution in [0.15, 0.2) is 110 Å². The van der Waals surface area contributed by atoms with Crippen molar-refractivity contribution in [1.82, 2.24) is 0 Å². The van der Waals surface area contributed by atoms with Crippen LogP contribution in [0.4, 0.5) is 26.3 Å². The Hall–Kier alpha value is -3.38. The Morgan fingerprint density at radius 2 is 1.29 bits per heavy atom. The smallest absolute Gasteiger partial charge is 1.00 e. The molecule has 0 fully saturated rings. The summed E-state index contributed by atoms with van der Waals surface area (Å²) in [6.07, 6.45) is -4.23. The zero-order chi connectivity index (χ0) is 33.6. The van der Waals surface area contributed by atoms with Crippen molar-refractivity contribution < 1.29 is 75.4 Å². The molecule has 0 bridgehead atoms. The fourth-order valence-corrected chi connectivity index (χ4v) is 5.72. The van der Waals surface area contributed by atoms with Crippen LogP contribution in [0.3, 0.4) is 0 Å². The van der Waals surface area contributed by atoms with Gasteiger partial charge in [-0.25, -0.2) is 11.6 Å². The van der Waals surface area contributed by atoms with Crippen molar-refractivity contribution >= 4 is 15.4 Å². The molecule has 1 aliphatic rings. The van der Waals surface area contributed by atoms with E-state index in [4.69, 9.17) is 0 Å². The summed E-state index contributed by atoms with van der Waals surface area (Å²) in [5.74, 6) is 0. The summed E-state index contributed by atoms with van der Waals surface area (Å²) in [7, 11) is 0. The second-order valence-corrected chi connectivity index (χ2v) is 12.1. The molecule has 0 nitrogen and oxygen atoms in total. The molecule has 0 atom stereocenters. The Labute approximate surface area is 304 Å². The van der Waals surface area contributed by atoms with Crippen LogP contribution >= 0.6 is 0 Å². The molecular formula is C39H30Cl2F6Zr-2. The third-order valence-corrected chi connectivity index (χ3v) is 8.75. The average Bonchev–Trinajstić information content (AvgIpc) is 3.60. The van der Waals surface area contributed by atoms with Crippen LogP contribution in [0.1, 0.15) is 55.6 Å². The number of hydrogen-bond donors (Lipinski definition) is 0. The van der Waals surface area contributed by atoms with Gasteiger partial charge < -0.3 is 24.8 Å². The Morgan fingerprint density at radius 3 is 1.73 bits per heavy atom. The number of benzene rings is 4. The van der Waals surface area contributed by atoms with Gasteiger partial charge in [0.2, 0.25) is 0 Å². The van der Waals surface area contributed by atoms with Crippen molar-refractivity contribution in [3.8, 4) is 11.1 Å². The molecule has 0 unspecified atom stereocenters. The van der Waals surface area contributed by atoms with Crippen LogP contribution in [-0.2, 0) is 43.0 Å². The second-order valence-electron chi connectivity index (χ2n) is 10.8. The number of fused-ring (bicyclic) bond motifs is 3. The van der Waals surface area contributed by atoms with E-state index in [2.05, 4.69) is 75.5 Å².